The van der Waals surface area contributed by atoms with Gasteiger partial charge in [0.05, 0.1) is 11.1 Å². The summed E-state index contributed by atoms with van der Waals surface area (Å²) in [6.07, 6.45) is 0.143. The maximum Gasteiger partial charge on any atom is 0.180 e. The van der Waals surface area contributed by atoms with Crippen molar-refractivity contribution in [3.05, 3.63) is 22.2 Å². The Bertz CT molecular complexity index is 437. The molecule has 0 spiro atoms. The number of halogens is 1. The number of rotatable bonds is 4. The summed E-state index contributed by atoms with van der Waals surface area (Å²) < 4.78 is 11.1. The fourth-order valence-corrected chi connectivity index (χ4v) is 2.55. The third-order valence-corrected chi connectivity index (χ3v) is 3.42. The SMILES string of the molecule is CCc1c(C(O)CNC)cc2c(c1Cl)OCCO2. The van der Waals surface area contributed by atoms with Gasteiger partial charge in [-0.2, -0.15) is 0 Å². The Kier molecular flexibility index (Phi) is 4.32. The Hall–Kier alpha value is -0.970. The Balaban J connectivity index is 2.48. The second-order valence-corrected chi connectivity index (χ2v) is 4.59. The monoisotopic (exact) mass is 271 g/mol. The summed E-state index contributed by atoms with van der Waals surface area (Å²) in [7, 11) is 1.80. The summed E-state index contributed by atoms with van der Waals surface area (Å²) >= 11 is 6.34. The topological polar surface area (TPSA) is 50.7 Å². The standard InChI is InChI=1S/C13H18ClNO3/c1-3-8-9(10(16)7-15-2)6-11-13(12(8)14)18-5-4-17-11/h6,10,15-16H,3-5,7H2,1-2H3. The van der Waals surface area contributed by atoms with E-state index in [0.29, 0.717) is 36.3 Å². The highest BCUT2D eigenvalue weighted by Crippen LogP contribution is 2.43. The summed E-state index contributed by atoms with van der Waals surface area (Å²) in [5.41, 5.74) is 1.73. The molecule has 0 saturated heterocycles. The first-order valence-electron chi connectivity index (χ1n) is 6.12. The summed E-state index contributed by atoms with van der Waals surface area (Å²) in [6.45, 7) is 3.50. The second kappa shape index (κ2) is 5.78. The molecule has 1 atom stereocenters. The molecule has 0 bridgehead atoms. The molecule has 18 heavy (non-hydrogen) atoms. The van der Waals surface area contributed by atoms with Crippen molar-refractivity contribution in [2.24, 2.45) is 0 Å². The van der Waals surface area contributed by atoms with Gasteiger partial charge in [0.1, 0.15) is 13.2 Å². The van der Waals surface area contributed by atoms with Gasteiger partial charge < -0.3 is 19.9 Å². The van der Waals surface area contributed by atoms with Gasteiger partial charge in [0, 0.05) is 6.54 Å². The Labute approximate surface area is 112 Å². The van der Waals surface area contributed by atoms with E-state index < -0.39 is 6.10 Å². The van der Waals surface area contributed by atoms with Crippen LogP contribution in [0.5, 0.6) is 11.5 Å². The molecule has 1 aliphatic heterocycles. The number of ether oxygens (including phenoxy) is 2. The van der Waals surface area contributed by atoms with Crippen LogP contribution in [0, 0.1) is 0 Å². The lowest BCUT2D eigenvalue weighted by Gasteiger charge is -2.24. The lowest BCUT2D eigenvalue weighted by Crippen LogP contribution is -2.20. The van der Waals surface area contributed by atoms with Gasteiger partial charge in [0.25, 0.3) is 0 Å². The Morgan fingerprint density at radius 1 is 1.44 bits per heavy atom. The first-order valence-corrected chi connectivity index (χ1v) is 6.50. The molecule has 100 valence electrons. The zero-order valence-electron chi connectivity index (χ0n) is 10.6. The molecule has 4 nitrogen and oxygen atoms in total. The largest absolute Gasteiger partial charge is 0.486 e. The van der Waals surface area contributed by atoms with Crippen molar-refractivity contribution in [3.8, 4) is 11.5 Å². The molecule has 0 amide bonds. The number of hydrogen-bond donors (Lipinski definition) is 2. The minimum atomic E-state index is -0.599. The first kappa shape index (κ1) is 13.5. The quantitative estimate of drug-likeness (QED) is 0.879. The van der Waals surface area contributed by atoms with Crippen LogP contribution in [0.1, 0.15) is 24.2 Å². The highest BCUT2D eigenvalue weighted by Gasteiger charge is 2.23. The Morgan fingerprint density at radius 3 is 2.83 bits per heavy atom. The molecule has 1 unspecified atom stereocenters. The van der Waals surface area contributed by atoms with Crippen molar-refractivity contribution < 1.29 is 14.6 Å². The van der Waals surface area contributed by atoms with E-state index in [4.69, 9.17) is 21.1 Å². The van der Waals surface area contributed by atoms with Crippen molar-refractivity contribution in [2.45, 2.75) is 19.4 Å². The summed E-state index contributed by atoms with van der Waals surface area (Å²) in [5.74, 6) is 1.22. The second-order valence-electron chi connectivity index (χ2n) is 4.21. The first-order chi connectivity index (χ1) is 8.69. The fraction of sp³-hybridized carbons (Fsp3) is 0.538. The van der Waals surface area contributed by atoms with Crippen LogP contribution in [-0.4, -0.2) is 31.9 Å². The van der Waals surface area contributed by atoms with Crippen molar-refractivity contribution in [3.63, 3.8) is 0 Å². The predicted octanol–water partition coefficient (Wildman–Crippen LogP) is 1.93. The predicted molar refractivity (Wildman–Crippen MR) is 70.7 cm³/mol. The molecule has 1 heterocycles. The van der Waals surface area contributed by atoms with Crippen LogP contribution in [0.3, 0.4) is 0 Å². The number of hydrogen-bond acceptors (Lipinski definition) is 4. The molecule has 0 aliphatic carbocycles. The van der Waals surface area contributed by atoms with E-state index >= 15 is 0 Å². The number of aliphatic hydroxyl groups excluding tert-OH is 1. The summed E-state index contributed by atoms with van der Waals surface area (Å²) in [6, 6.07) is 1.83. The van der Waals surface area contributed by atoms with Gasteiger partial charge in [0.15, 0.2) is 11.5 Å². The molecular weight excluding hydrogens is 254 g/mol. The third kappa shape index (κ3) is 2.41. The van der Waals surface area contributed by atoms with Crippen LogP contribution in [0.2, 0.25) is 5.02 Å². The zero-order chi connectivity index (χ0) is 13.1. The third-order valence-electron chi connectivity index (χ3n) is 3.02. The lowest BCUT2D eigenvalue weighted by molar-refractivity contribution is 0.163. The van der Waals surface area contributed by atoms with Crippen LogP contribution >= 0.6 is 11.6 Å². The van der Waals surface area contributed by atoms with Crippen LogP contribution < -0.4 is 14.8 Å². The number of benzene rings is 1. The van der Waals surface area contributed by atoms with Gasteiger partial charge >= 0.3 is 0 Å². The molecular formula is C13H18ClNO3. The highest BCUT2D eigenvalue weighted by molar-refractivity contribution is 6.33. The smallest absolute Gasteiger partial charge is 0.180 e. The minimum absolute atomic E-state index is 0.475. The molecule has 0 radical (unpaired) electrons. The Morgan fingerprint density at radius 2 is 2.17 bits per heavy atom. The van der Waals surface area contributed by atoms with Crippen LogP contribution in [0.4, 0.5) is 0 Å². The molecule has 1 aromatic rings. The number of likely N-dealkylation sites (N-methyl/N-ethyl adjacent to an activating group) is 1. The van der Waals surface area contributed by atoms with Crippen LogP contribution in [0.25, 0.3) is 0 Å². The van der Waals surface area contributed by atoms with Crippen molar-refractivity contribution in [1.29, 1.82) is 0 Å². The van der Waals surface area contributed by atoms with E-state index in [2.05, 4.69) is 5.32 Å². The van der Waals surface area contributed by atoms with Gasteiger partial charge in [-0.1, -0.05) is 18.5 Å². The molecule has 2 rings (SSSR count). The maximum atomic E-state index is 10.1. The van der Waals surface area contributed by atoms with Gasteiger partial charge in [-0.05, 0) is 30.7 Å². The maximum absolute atomic E-state index is 10.1. The molecule has 1 aromatic carbocycles. The summed E-state index contributed by atoms with van der Waals surface area (Å²) in [4.78, 5) is 0. The van der Waals surface area contributed by atoms with E-state index in [1.165, 1.54) is 0 Å². The zero-order valence-corrected chi connectivity index (χ0v) is 11.4. The minimum Gasteiger partial charge on any atom is -0.486 e. The van der Waals surface area contributed by atoms with Gasteiger partial charge in [-0.25, -0.2) is 0 Å². The number of aliphatic hydroxyl groups is 1. The number of nitrogens with one attached hydrogen (secondary N) is 1. The van der Waals surface area contributed by atoms with Crippen molar-refractivity contribution >= 4 is 11.6 Å². The van der Waals surface area contributed by atoms with Gasteiger partial charge in [0.2, 0.25) is 0 Å². The molecule has 5 heteroatoms. The van der Waals surface area contributed by atoms with E-state index in [9.17, 15) is 5.11 Å². The van der Waals surface area contributed by atoms with Gasteiger partial charge in [-0.3, -0.25) is 0 Å². The van der Waals surface area contributed by atoms with Gasteiger partial charge in [-0.15, -0.1) is 0 Å². The van der Waals surface area contributed by atoms with E-state index in [1.54, 1.807) is 7.05 Å². The average molecular weight is 272 g/mol. The van der Waals surface area contributed by atoms with Crippen LogP contribution in [0.15, 0.2) is 6.07 Å². The molecule has 0 fully saturated rings. The van der Waals surface area contributed by atoms with Crippen molar-refractivity contribution in [2.75, 3.05) is 26.8 Å². The molecule has 2 N–H and O–H groups in total. The lowest BCUT2D eigenvalue weighted by atomic mass is 9.99. The average Bonchev–Trinajstić information content (AvgIpc) is 2.39. The highest BCUT2D eigenvalue weighted by atomic mass is 35.5. The summed E-state index contributed by atoms with van der Waals surface area (Å²) in [5, 5.41) is 13.6. The van der Waals surface area contributed by atoms with E-state index in [-0.39, 0.29) is 0 Å². The molecule has 0 aromatic heterocycles. The normalized spacial score (nSPS) is 15.6. The van der Waals surface area contributed by atoms with E-state index in [1.807, 2.05) is 13.0 Å². The number of fused-ring (bicyclic) bond motifs is 1. The van der Waals surface area contributed by atoms with Crippen LogP contribution in [-0.2, 0) is 6.42 Å². The molecule has 0 saturated carbocycles. The van der Waals surface area contributed by atoms with Crippen molar-refractivity contribution in [1.82, 2.24) is 5.32 Å². The molecule has 1 aliphatic rings. The fourth-order valence-electron chi connectivity index (χ4n) is 2.16. The van der Waals surface area contributed by atoms with E-state index in [0.717, 1.165) is 17.5 Å².